The molecule has 2 nitrogen and oxygen atoms in total. The number of fused-ring (bicyclic) bond motifs is 1. The number of aliphatic hydroxyl groups excluding tert-OH is 1. The van der Waals surface area contributed by atoms with Gasteiger partial charge in [-0.05, 0) is 29.9 Å². The zero-order chi connectivity index (χ0) is 8.55. The van der Waals surface area contributed by atoms with Crippen LogP contribution in [0.15, 0.2) is 12.4 Å². The topological polar surface area (TPSA) is 33.1 Å². The average Bonchev–Trinajstić information content (AvgIpc) is 2.49. The predicted molar refractivity (Wildman–Crippen MR) is 42.2 cm³/mol. The number of hydrogen-bond acceptors (Lipinski definition) is 2. The van der Waals surface area contributed by atoms with Crippen molar-refractivity contribution >= 4 is 0 Å². The molecule has 1 aromatic rings. The minimum Gasteiger partial charge on any atom is -0.396 e. The van der Waals surface area contributed by atoms with Crippen LogP contribution in [0, 0.1) is 11.7 Å². The highest BCUT2D eigenvalue weighted by molar-refractivity contribution is 5.30. The van der Waals surface area contributed by atoms with Crippen molar-refractivity contribution in [2.24, 2.45) is 5.92 Å². The van der Waals surface area contributed by atoms with E-state index < -0.39 is 0 Å². The van der Waals surface area contributed by atoms with E-state index in [-0.39, 0.29) is 18.3 Å². The highest BCUT2D eigenvalue weighted by atomic mass is 19.1. The van der Waals surface area contributed by atoms with E-state index in [0.29, 0.717) is 6.42 Å². The van der Waals surface area contributed by atoms with E-state index in [2.05, 4.69) is 4.98 Å². The van der Waals surface area contributed by atoms with Gasteiger partial charge >= 0.3 is 0 Å². The first-order valence-corrected chi connectivity index (χ1v) is 4.03. The third kappa shape index (κ3) is 1.10. The Bertz CT molecular complexity index is 301. The van der Waals surface area contributed by atoms with Gasteiger partial charge in [-0.2, -0.15) is 0 Å². The van der Waals surface area contributed by atoms with Crippen molar-refractivity contribution in [2.75, 3.05) is 6.61 Å². The number of aromatic nitrogens is 1. The van der Waals surface area contributed by atoms with Gasteiger partial charge in [0.1, 0.15) is 5.82 Å². The van der Waals surface area contributed by atoms with E-state index in [4.69, 9.17) is 5.11 Å². The van der Waals surface area contributed by atoms with Gasteiger partial charge in [0.15, 0.2) is 0 Å². The Hall–Kier alpha value is -0.960. The van der Waals surface area contributed by atoms with Gasteiger partial charge in [0.25, 0.3) is 0 Å². The van der Waals surface area contributed by atoms with Gasteiger partial charge in [-0.1, -0.05) is 0 Å². The molecule has 0 saturated carbocycles. The van der Waals surface area contributed by atoms with Crippen molar-refractivity contribution in [3.63, 3.8) is 0 Å². The van der Waals surface area contributed by atoms with Crippen molar-refractivity contribution in [3.8, 4) is 0 Å². The van der Waals surface area contributed by atoms with E-state index in [9.17, 15) is 4.39 Å². The van der Waals surface area contributed by atoms with Gasteiger partial charge in [0, 0.05) is 12.8 Å². The zero-order valence-corrected chi connectivity index (χ0v) is 6.63. The van der Waals surface area contributed by atoms with Crippen LogP contribution in [-0.2, 0) is 12.8 Å². The summed E-state index contributed by atoms with van der Waals surface area (Å²) in [5.74, 6) is -0.0397. The molecule has 0 aliphatic heterocycles. The summed E-state index contributed by atoms with van der Waals surface area (Å²) < 4.78 is 13.1. The number of pyridine rings is 1. The molecule has 0 bridgehead atoms. The van der Waals surface area contributed by atoms with Crippen LogP contribution in [0.3, 0.4) is 0 Å². The fourth-order valence-corrected chi connectivity index (χ4v) is 1.71. The molecule has 0 spiro atoms. The van der Waals surface area contributed by atoms with Crippen LogP contribution in [0.1, 0.15) is 11.1 Å². The second-order valence-corrected chi connectivity index (χ2v) is 3.22. The quantitative estimate of drug-likeness (QED) is 0.675. The van der Waals surface area contributed by atoms with E-state index >= 15 is 0 Å². The van der Waals surface area contributed by atoms with Gasteiger partial charge in [-0.25, -0.2) is 4.39 Å². The first kappa shape index (κ1) is 7.68. The maximum Gasteiger partial charge on any atom is 0.144 e. The van der Waals surface area contributed by atoms with Gasteiger partial charge in [0.2, 0.25) is 0 Å². The second-order valence-electron chi connectivity index (χ2n) is 3.22. The van der Waals surface area contributed by atoms with E-state index in [1.165, 1.54) is 6.20 Å². The molecule has 1 unspecified atom stereocenters. The van der Waals surface area contributed by atoms with Crippen LogP contribution in [0.2, 0.25) is 0 Å². The van der Waals surface area contributed by atoms with Gasteiger partial charge in [-0.3, -0.25) is 4.98 Å². The predicted octanol–water partition coefficient (Wildman–Crippen LogP) is 0.928. The van der Waals surface area contributed by atoms with Gasteiger partial charge in [0.05, 0.1) is 6.20 Å². The zero-order valence-electron chi connectivity index (χ0n) is 6.63. The summed E-state index contributed by atoms with van der Waals surface area (Å²) >= 11 is 0. The van der Waals surface area contributed by atoms with E-state index in [1.807, 2.05) is 0 Å². The lowest BCUT2D eigenvalue weighted by Crippen LogP contribution is -2.04. The maximum atomic E-state index is 13.1. The minimum absolute atomic E-state index is 0.133. The molecule has 1 aromatic heterocycles. The van der Waals surface area contributed by atoms with E-state index in [0.717, 1.165) is 17.5 Å². The minimum atomic E-state index is -0.233. The highest BCUT2D eigenvalue weighted by Crippen LogP contribution is 2.27. The average molecular weight is 167 g/mol. The van der Waals surface area contributed by atoms with Crippen LogP contribution in [0.4, 0.5) is 4.39 Å². The maximum absolute atomic E-state index is 13.1. The molecule has 0 radical (unpaired) electrons. The number of halogens is 1. The number of aliphatic hydroxyl groups is 1. The SMILES string of the molecule is OCC1Cc2cncc(F)c2C1. The Morgan fingerprint density at radius 1 is 1.50 bits per heavy atom. The Kier molecular flexibility index (Phi) is 1.81. The Morgan fingerprint density at radius 2 is 2.33 bits per heavy atom. The lowest BCUT2D eigenvalue weighted by molar-refractivity contribution is 0.232. The summed E-state index contributed by atoms with van der Waals surface area (Å²) in [6.45, 7) is 0.133. The summed E-state index contributed by atoms with van der Waals surface area (Å²) in [7, 11) is 0. The molecular formula is C9H10FNO. The lowest BCUT2D eigenvalue weighted by Gasteiger charge is -2.00. The third-order valence-corrected chi connectivity index (χ3v) is 2.35. The normalized spacial score (nSPS) is 21.0. The molecular weight excluding hydrogens is 157 g/mol. The molecule has 12 heavy (non-hydrogen) atoms. The molecule has 1 heterocycles. The van der Waals surface area contributed by atoms with Gasteiger partial charge in [-0.15, -0.1) is 0 Å². The standard InChI is InChI=1S/C9H10FNO/c10-9-4-11-3-7-1-6(5-12)2-8(7)9/h3-4,6,12H,1-2,5H2. The molecule has 1 N–H and O–H groups in total. The van der Waals surface area contributed by atoms with Crippen LogP contribution in [0.25, 0.3) is 0 Å². The number of nitrogens with zero attached hydrogens (tertiary/aromatic N) is 1. The lowest BCUT2D eigenvalue weighted by atomic mass is 10.1. The highest BCUT2D eigenvalue weighted by Gasteiger charge is 2.23. The summed E-state index contributed by atoms with van der Waals surface area (Å²) in [5.41, 5.74) is 1.69. The second kappa shape index (κ2) is 2.83. The Balaban J connectivity index is 2.35. The molecule has 0 saturated heterocycles. The summed E-state index contributed by atoms with van der Waals surface area (Å²) in [6, 6.07) is 0. The molecule has 0 amide bonds. The summed E-state index contributed by atoms with van der Waals surface area (Å²) in [5, 5.41) is 8.89. The summed E-state index contributed by atoms with van der Waals surface area (Å²) in [4.78, 5) is 3.77. The Morgan fingerprint density at radius 3 is 3.00 bits per heavy atom. The van der Waals surface area contributed by atoms with Crippen molar-refractivity contribution in [3.05, 3.63) is 29.3 Å². The molecule has 2 rings (SSSR count). The molecule has 1 atom stereocenters. The molecule has 0 aromatic carbocycles. The van der Waals surface area contributed by atoms with Crippen LogP contribution < -0.4 is 0 Å². The van der Waals surface area contributed by atoms with Crippen molar-refractivity contribution in [2.45, 2.75) is 12.8 Å². The molecule has 1 aliphatic rings. The van der Waals surface area contributed by atoms with E-state index in [1.54, 1.807) is 6.20 Å². The molecule has 1 aliphatic carbocycles. The largest absolute Gasteiger partial charge is 0.396 e. The Labute approximate surface area is 70.1 Å². The number of rotatable bonds is 1. The van der Waals surface area contributed by atoms with Gasteiger partial charge < -0.3 is 5.11 Å². The number of hydrogen-bond donors (Lipinski definition) is 1. The molecule has 64 valence electrons. The fraction of sp³-hybridized carbons (Fsp3) is 0.444. The molecule has 0 fully saturated rings. The fourth-order valence-electron chi connectivity index (χ4n) is 1.71. The van der Waals surface area contributed by atoms with Crippen molar-refractivity contribution in [1.82, 2.24) is 4.98 Å². The van der Waals surface area contributed by atoms with Crippen LogP contribution >= 0.6 is 0 Å². The first-order chi connectivity index (χ1) is 5.81. The van der Waals surface area contributed by atoms with Crippen LogP contribution in [0.5, 0.6) is 0 Å². The van der Waals surface area contributed by atoms with Crippen molar-refractivity contribution in [1.29, 1.82) is 0 Å². The smallest absolute Gasteiger partial charge is 0.144 e. The third-order valence-electron chi connectivity index (χ3n) is 2.35. The molecule has 3 heteroatoms. The van der Waals surface area contributed by atoms with Crippen molar-refractivity contribution < 1.29 is 9.50 Å². The first-order valence-electron chi connectivity index (χ1n) is 4.03. The van der Waals surface area contributed by atoms with Crippen LogP contribution in [-0.4, -0.2) is 16.7 Å². The monoisotopic (exact) mass is 167 g/mol. The summed E-state index contributed by atoms with van der Waals surface area (Å²) in [6.07, 6.45) is 4.34.